The lowest BCUT2D eigenvalue weighted by Gasteiger charge is -2.07. The number of amides is 1. The van der Waals surface area contributed by atoms with Gasteiger partial charge in [0.25, 0.3) is 5.91 Å². The molecule has 0 bridgehead atoms. The van der Waals surface area contributed by atoms with Gasteiger partial charge < -0.3 is 4.57 Å². The fraction of sp³-hybridized carbons (Fsp3) is 0.353. The third-order valence-corrected chi connectivity index (χ3v) is 4.95. The van der Waals surface area contributed by atoms with Crippen LogP contribution in [0, 0.1) is 0 Å². The molecule has 0 fully saturated rings. The minimum absolute atomic E-state index is 0.127. The molecule has 1 aromatic carbocycles. The summed E-state index contributed by atoms with van der Waals surface area (Å²) in [5, 5.41) is 4.20. The third-order valence-electron chi connectivity index (χ3n) is 3.86. The number of carbonyl (C=O) groups excluding carboxylic acids is 1. The van der Waals surface area contributed by atoms with Gasteiger partial charge in [-0.15, -0.1) is 0 Å². The largest absolute Gasteiger partial charge is 0.319 e. The Morgan fingerprint density at radius 2 is 2.13 bits per heavy atom. The van der Waals surface area contributed by atoms with Crippen molar-refractivity contribution in [3.63, 3.8) is 0 Å². The van der Waals surface area contributed by atoms with E-state index < -0.39 is 0 Å². The van der Waals surface area contributed by atoms with Gasteiger partial charge in [-0.1, -0.05) is 24.3 Å². The van der Waals surface area contributed by atoms with Crippen molar-refractivity contribution < 1.29 is 4.79 Å². The van der Waals surface area contributed by atoms with E-state index in [4.69, 9.17) is 0 Å². The molecular weight excluding hydrogens is 308 g/mol. The maximum Gasteiger partial charge on any atom is 0.297 e. The second-order valence-corrected chi connectivity index (χ2v) is 6.78. The van der Waals surface area contributed by atoms with Crippen LogP contribution in [0.3, 0.4) is 0 Å². The quantitative estimate of drug-likeness (QED) is 0.740. The molecule has 3 aromatic rings. The smallest absolute Gasteiger partial charge is 0.297 e. The van der Waals surface area contributed by atoms with Crippen molar-refractivity contribution >= 4 is 27.5 Å². The number of hydrogen-bond donors (Lipinski definition) is 0. The summed E-state index contributed by atoms with van der Waals surface area (Å²) < 4.78 is 4.82. The highest BCUT2D eigenvalue weighted by Crippen LogP contribution is 2.19. The van der Waals surface area contributed by atoms with Crippen molar-refractivity contribution in [2.24, 2.45) is 12.0 Å². The number of aromatic nitrogens is 3. The SMILES string of the molecule is CCc1ccc2c(c1)sc(=NC(=O)c1ccnn1C(C)C)n2C. The first kappa shape index (κ1) is 15.7. The van der Waals surface area contributed by atoms with Gasteiger partial charge in [0, 0.05) is 19.3 Å². The van der Waals surface area contributed by atoms with Crippen molar-refractivity contribution in [2.75, 3.05) is 0 Å². The highest BCUT2D eigenvalue weighted by atomic mass is 32.1. The second kappa shape index (κ2) is 6.12. The molecule has 0 saturated heterocycles. The Kier molecular flexibility index (Phi) is 4.17. The topological polar surface area (TPSA) is 52.2 Å². The van der Waals surface area contributed by atoms with Crippen molar-refractivity contribution in [1.82, 2.24) is 14.3 Å². The van der Waals surface area contributed by atoms with Crippen molar-refractivity contribution in [2.45, 2.75) is 33.2 Å². The summed E-state index contributed by atoms with van der Waals surface area (Å²) in [6, 6.07) is 8.22. The van der Waals surface area contributed by atoms with Gasteiger partial charge in [-0.25, -0.2) is 0 Å². The molecule has 0 saturated carbocycles. The zero-order valence-corrected chi connectivity index (χ0v) is 14.6. The predicted molar refractivity (Wildman–Crippen MR) is 92.7 cm³/mol. The van der Waals surface area contributed by atoms with E-state index in [2.05, 4.69) is 35.2 Å². The minimum Gasteiger partial charge on any atom is -0.319 e. The van der Waals surface area contributed by atoms with Crippen molar-refractivity contribution in [3.05, 3.63) is 46.5 Å². The summed E-state index contributed by atoms with van der Waals surface area (Å²) in [7, 11) is 1.94. The fourth-order valence-electron chi connectivity index (χ4n) is 2.54. The maximum absolute atomic E-state index is 12.5. The molecule has 120 valence electrons. The Bertz CT molecular complexity index is 930. The highest BCUT2D eigenvalue weighted by molar-refractivity contribution is 7.16. The lowest BCUT2D eigenvalue weighted by Crippen LogP contribution is -2.16. The molecule has 0 aliphatic rings. The number of aryl methyl sites for hydroxylation is 2. The zero-order chi connectivity index (χ0) is 16.6. The third kappa shape index (κ3) is 2.86. The van der Waals surface area contributed by atoms with Gasteiger partial charge in [-0.2, -0.15) is 10.1 Å². The maximum atomic E-state index is 12.5. The summed E-state index contributed by atoms with van der Waals surface area (Å²) in [4.78, 5) is 17.5. The summed E-state index contributed by atoms with van der Waals surface area (Å²) in [6.45, 7) is 6.13. The van der Waals surface area contributed by atoms with Crippen LogP contribution in [0.4, 0.5) is 0 Å². The Morgan fingerprint density at radius 1 is 1.35 bits per heavy atom. The molecule has 1 amide bonds. The number of thiazole rings is 1. The van der Waals surface area contributed by atoms with Crippen LogP contribution >= 0.6 is 11.3 Å². The fourth-order valence-corrected chi connectivity index (χ4v) is 3.62. The van der Waals surface area contributed by atoms with E-state index in [0.29, 0.717) is 10.5 Å². The van der Waals surface area contributed by atoms with Gasteiger partial charge in [-0.3, -0.25) is 9.48 Å². The van der Waals surface area contributed by atoms with Crippen LogP contribution in [0.15, 0.2) is 35.5 Å². The first-order chi connectivity index (χ1) is 11.0. The first-order valence-electron chi connectivity index (χ1n) is 7.72. The second-order valence-electron chi connectivity index (χ2n) is 5.77. The van der Waals surface area contributed by atoms with Crippen LogP contribution < -0.4 is 4.80 Å². The summed E-state index contributed by atoms with van der Waals surface area (Å²) in [5.74, 6) is -0.255. The van der Waals surface area contributed by atoms with E-state index in [9.17, 15) is 4.79 Å². The lowest BCUT2D eigenvalue weighted by atomic mass is 10.2. The Labute approximate surface area is 138 Å². The van der Waals surface area contributed by atoms with Crippen molar-refractivity contribution in [3.8, 4) is 0 Å². The Balaban J connectivity index is 2.08. The van der Waals surface area contributed by atoms with Crippen LogP contribution in [-0.4, -0.2) is 20.3 Å². The van der Waals surface area contributed by atoms with Crippen LogP contribution in [0.1, 0.15) is 42.9 Å². The molecule has 6 heteroatoms. The van der Waals surface area contributed by atoms with E-state index in [1.165, 1.54) is 16.9 Å². The molecular formula is C17H20N4OS. The molecule has 5 nitrogen and oxygen atoms in total. The van der Waals surface area contributed by atoms with Crippen LogP contribution in [-0.2, 0) is 13.5 Å². The number of benzene rings is 1. The van der Waals surface area contributed by atoms with Gasteiger partial charge in [0.1, 0.15) is 5.69 Å². The average Bonchev–Trinajstić information content (AvgIpc) is 3.13. The Hall–Kier alpha value is -2.21. The number of fused-ring (bicyclic) bond motifs is 1. The van der Waals surface area contributed by atoms with E-state index in [-0.39, 0.29) is 11.9 Å². The lowest BCUT2D eigenvalue weighted by molar-refractivity contribution is 0.0986. The minimum atomic E-state index is -0.255. The van der Waals surface area contributed by atoms with Crippen LogP contribution in [0.2, 0.25) is 0 Å². The van der Waals surface area contributed by atoms with E-state index in [1.54, 1.807) is 16.9 Å². The monoisotopic (exact) mass is 328 g/mol. The van der Waals surface area contributed by atoms with Crippen LogP contribution in [0.5, 0.6) is 0 Å². The van der Waals surface area contributed by atoms with Gasteiger partial charge in [0.15, 0.2) is 4.80 Å². The molecule has 0 N–H and O–H groups in total. The van der Waals surface area contributed by atoms with E-state index >= 15 is 0 Å². The van der Waals surface area contributed by atoms with Gasteiger partial charge in [-0.05, 0) is 44.0 Å². The van der Waals surface area contributed by atoms with Crippen LogP contribution in [0.25, 0.3) is 10.2 Å². The summed E-state index contributed by atoms with van der Waals surface area (Å²) >= 11 is 1.54. The molecule has 0 radical (unpaired) electrons. The number of hydrogen-bond acceptors (Lipinski definition) is 3. The average molecular weight is 328 g/mol. The highest BCUT2D eigenvalue weighted by Gasteiger charge is 2.14. The normalized spacial score (nSPS) is 12.5. The number of rotatable bonds is 3. The first-order valence-corrected chi connectivity index (χ1v) is 8.54. The molecule has 0 spiro atoms. The van der Waals surface area contributed by atoms with Gasteiger partial charge in [0.05, 0.1) is 10.2 Å². The predicted octanol–water partition coefficient (Wildman–Crippen LogP) is 3.32. The van der Waals surface area contributed by atoms with Gasteiger partial charge in [0.2, 0.25) is 0 Å². The molecule has 3 rings (SSSR count). The molecule has 0 unspecified atom stereocenters. The molecule has 2 heterocycles. The number of nitrogens with zero attached hydrogens (tertiary/aromatic N) is 4. The molecule has 0 atom stereocenters. The standard InChI is InChI=1S/C17H20N4OS/c1-5-12-6-7-13-15(10-12)23-17(20(13)4)19-16(22)14-8-9-18-21(14)11(2)3/h6-11H,5H2,1-4H3. The van der Waals surface area contributed by atoms with Gasteiger partial charge >= 0.3 is 0 Å². The molecule has 0 aliphatic carbocycles. The van der Waals surface area contributed by atoms with E-state index in [1.807, 2.05) is 25.5 Å². The summed E-state index contributed by atoms with van der Waals surface area (Å²) in [6.07, 6.45) is 2.64. The van der Waals surface area contributed by atoms with E-state index in [0.717, 1.165) is 16.6 Å². The Morgan fingerprint density at radius 3 is 2.83 bits per heavy atom. The molecule has 23 heavy (non-hydrogen) atoms. The summed E-state index contributed by atoms with van der Waals surface area (Å²) in [5.41, 5.74) is 2.90. The zero-order valence-electron chi connectivity index (χ0n) is 13.8. The van der Waals surface area contributed by atoms with Crippen molar-refractivity contribution in [1.29, 1.82) is 0 Å². The number of carbonyl (C=O) groups is 1. The molecule has 2 aromatic heterocycles. The molecule has 0 aliphatic heterocycles.